The van der Waals surface area contributed by atoms with E-state index in [1.807, 2.05) is 13.8 Å². The minimum atomic E-state index is -4.32. The minimum Gasteiger partial charge on any atom is -0.384 e. The minimum absolute atomic E-state index is 0.382. The van der Waals surface area contributed by atoms with Crippen LogP contribution in [-0.2, 0) is 6.18 Å². The fourth-order valence-corrected chi connectivity index (χ4v) is 1.46. The highest BCUT2D eigenvalue weighted by Gasteiger charge is 2.30. The average molecular weight is 259 g/mol. The Labute approximate surface area is 104 Å². The molecule has 0 radical (unpaired) electrons. The second-order valence-corrected chi connectivity index (χ2v) is 3.44. The number of rotatable bonds is 1. The number of nitrogens with one attached hydrogen (secondary N) is 1. The molecule has 100 valence electrons. The number of alkyl halides is 3. The van der Waals surface area contributed by atoms with Crippen LogP contribution in [-0.4, -0.2) is 6.67 Å². The van der Waals surface area contributed by atoms with E-state index in [1.165, 1.54) is 6.07 Å². The summed E-state index contributed by atoms with van der Waals surface area (Å²) < 4.78 is 37.4. The molecule has 2 rings (SSSR count). The molecule has 0 unspecified atom stereocenters. The molecule has 0 saturated carbocycles. The Hall–Kier alpha value is -1.85. The number of nitrogens with two attached hydrogens (primary N) is 1. The van der Waals surface area contributed by atoms with Crippen molar-refractivity contribution in [1.82, 2.24) is 5.32 Å². The van der Waals surface area contributed by atoms with E-state index in [0.29, 0.717) is 18.2 Å². The van der Waals surface area contributed by atoms with E-state index in [2.05, 4.69) is 5.32 Å². The van der Waals surface area contributed by atoms with Gasteiger partial charge in [-0.2, -0.15) is 13.2 Å². The van der Waals surface area contributed by atoms with Gasteiger partial charge < -0.3 is 16.0 Å². The van der Waals surface area contributed by atoms with Crippen LogP contribution in [0.4, 0.5) is 18.9 Å². The van der Waals surface area contributed by atoms with Gasteiger partial charge in [-0.25, -0.2) is 0 Å². The van der Waals surface area contributed by atoms with Crippen molar-refractivity contribution < 1.29 is 13.2 Å². The van der Waals surface area contributed by atoms with E-state index in [1.54, 1.807) is 17.2 Å². The van der Waals surface area contributed by atoms with E-state index in [0.717, 1.165) is 12.1 Å². The largest absolute Gasteiger partial charge is 0.416 e. The van der Waals surface area contributed by atoms with Crippen molar-refractivity contribution in [3.05, 3.63) is 41.8 Å². The Kier molecular flexibility index (Phi) is 4.47. The van der Waals surface area contributed by atoms with Crippen molar-refractivity contribution in [2.24, 2.45) is 5.73 Å². The van der Waals surface area contributed by atoms with E-state index in [-0.39, 0.29) is 0 Å². The molecule has 0 fully saturated rings. The molecule has 0 amide bonds. The maximum Gasteiger partial charge on any atom is 0.416 e. The van der Waals surface area contributed by atoms with Crippen LogP contribution in [0.2, 0.25) is 0 Å². The fraction of sp³-hybridized carbons (Fsp3) is 0.333. The second kappa shape index (κ2) is 5.66. The van der Waals surface area contributed by atoms with E-state index in [4.69, 9.17) is 5.73 Å². The van der Waals surface area contributed by atoms with Crippen LogP contribution >= 0.6 is 0 Å². The van der Waals surface area contributed by atoms with Gasteiger partial charge in [-0.1, -0.05) is 19.9 Å². The predicted octanol–water partition coefficient (Wildman–Crippen LogP) is 2.86. The topological polar surface area (TPSA) is 41.3 Å². The van der Waals surface area contributed by atoms with E-state index in [9.17, 15) is 13.2 Å². The normalized spacial score (nSPS) is 14.5. The fourth-order valence-electron chi connectivity index (χ4n) is 1.46. The van der Waals surface area contributed by atoms with Gasteiger partial charge in [0.1, 0.15) is 5.82 Å². The molecule has 3 N–H and O–H groups in total. The zero-order valence-corrected chi connectivity index (χ0v) is 10.3. The Morgan fingerprint density at radius 3 is 2.44 bits per heavy atom. The molecule has 0 bridgehead atoms. The maximum absolute atomic E-state index is 12.5. The Morgan fingerprint density at radius 2 is 1.94 bits per heavy atom. The maximum atomic E-state index is 12.5. The average Bonchev–Trinajstić information content (AvgIpc) is 2.78. The monoisotopic (exact) mass is 259 g/mol. The van der Waals surface area contributed by atoms with Gasteiger partial charge in [0.05, 0.1) is 12.2 Å². The number of hydrogen-bond donors (Lipinski definition) is 2. The highest BCUT2D eigenvalue weighted by atomic mass is 19.4. The van der Waals surface area contributed by atoms with Crippen molar-refractivity contribution in [3.8, 4) is 0 Å². The van der Waals surface area contributed by atoms with Crippen LogP contribution in [0.5, 0.6) is 0 Å². The van der Waals surface area contributed by atoms with Gasteiger partial charge in [-0.15, -0.1) is 0 Å². The standard InChI is InChI=1S/C10H10F3N3.C2H6/c11-10(12,13)7-2-1-3-8(4-7)16-5-9(14)15-6-16;1-2/h1-5,15H,6,14H2;1-2H3. The van der Waals surface area contributed by atoms with Crippen LogP contribution < -0.4 is 16.0 Å². The summed E-state index contributed by atoms with van der Waals surface area (Å²) in [6.07, 6.45) is -2.76. The molecule has 3 nitrogen and oxygen atoms in total. The Bertz CT molecular complexity index is 427. The molecule has 1 aliphatic heterocycles. The highest BCUT2D eigenvalue weighted by Crippen LogP contribution is 2.31. The molecule has 0 aromatic heterocycles. The molecule has 1 aliphatic rings. The van der Waals surface area contributed by atoms with Crippen molar-refractivity contribution in [2.45, 2.75) is 20.0 Å². The summed E-state index contributed by atoms with van der Waals surface area (Å²) >= 11 is 0. The van der Waals surface area contributed by atoms with Crippen molar-refractivity contribution >= 4 is 5.69 Å². The van der Waals surface area contributed by atoms with Crippen LogP contribution in [0.25, 0.3) is 0 Å². The predicted molar refractivity (Wildman–Crippen MR) is 65.5 cm³/mol. The van der Waals surface area contributed by atoms with Gasteiger partial charge in [0.15, 0.2) is 0 Å². The molecule has 0 atom stereocenters. The number of halogens is 3. The lowest BCUT2D eigenvalue weighted by Gasteiger charge is -2.16. The van der Waals surface area contributed by atoms with Crippen LogP contribution in [0.1, 0.15) is 19.4 Å². The third-order valence-corrected chi connectivity index (χ3v) is 2.25. The van der Waals surface area contributed by atoms with E-state index < -0.39 is 11.7 Å². The summed E-state index contributed by atoms with van der Waals surface area (Å²) in [6, 6.07) is 5.11. The zero-order valence-electron chi connectivity index (χ0n) is 10.3. The molecule has 1 heterocycles. The van der Waals surface area contributed by atoms with Crippen molar-refractivity contribution in [3.63, 3.8) is 0 Å². The van der Waals surface area contributed by atoms with Crippen molar-refractivity contribution in [1.29, 1.82) is 0 Å². The quantitative estimate of drug-likeness (QED) is 0.814. The van der Waals surface area contributed by atoms with Crippen molar-refractivity contribution in [2.75, 3.05) is 11.6 Å². The summed E-state index contributed by atoms with van der Waals surface area (Å²) in [4.78, 5) is 1.62. The summed E-state index contributed by atoms with van der Waals surface area (Å²) in [6.45, 7) is 4.38. The first-order chi connectivity index (χ1) is 8.47. The first-order valence-corrected chi connectivity index (χ1v) is 5.62. The third kappa shape index (κ3) is 3.32. The molecule has 0 saturated heterocycles. The molecular weight excluding hydrogens is 243 g/mol. The van der Waals surface area contributed by atoms with Crippen LogP contribution in [0.3, 0.4) is 0 Å². The molecule has 1 aromatic rings. The highest BCUT2D eigenvalue weighted by molar-refractivity contribution is 5.53. The van der Waals surface area contributed by atoms with E-state index >= 15 is 0 Å². The van der Waals surface area contributed by atoms with Gasteiger partial charge >= 0.3 is 6.18 Å². The van der Waals surface area contributed by atoms with Gasteiger partial charge in [0.2, 0.25) is 0 Å². The third-order valence-electron chi connectivity index (χ3n) is 2.25. The smallest absolute Gasteiger partial charge is 0.384 e. The summed E-state index contributed by atoms with van der Waals surface area (Å²) in [5.41, 5.74) is 5.27. The SMILES string of the molecule is CC.NC1=CN(c2cccc(C(F)(F)F)c2)CN1. The molecule has 1 aromatic carbocycles. The lowest BCUT2D eigenvalue weighted by molar-refractivity contribution is -0.137. The molecule has 6 heteroatoms. The first kappa shape index (κ1) is 14.2. The Balaban J connectivity index is 0.000000771. The van der Waals surface area contributed by atoms with Gasteiger partial charge in [-0.3, -0.25) is 0 Å². The van der Waals surface area contributed by atoms with Gasteiger partial charge in [0, 0.05) is 11.9 Å². The van der Waals surface area contributed by atoms with Crippen LogP contribution in [0, 0.1) is 0 Å². The molecular formula is C12H16F3N3. The lowest BCUT2D eigenvalue weighted by atomic mass is 10.2. The summed E-state index contributed by atoms with van der Waals surface area (Å²) in [5, 5.41) is 2.81. The molecule has 0 spiro atoms. The lowest BCUT2D eigenvalue weighted by Crippen LogP contribution is -2.22. The number of nitrogens with zero attached hydrogens (tertiary/aromatic N) is 1. The molecule has 0 aliphatic carbocycles. The number of anilines is 1. The zero-order chi connectivity index (χ0) is 13.8. The van der Waals surface area contributed by atoms with Crippen LogP contribution in [0.15, 0.2) is 36.3 Å². The summed E-state index contributed by atoms with van der Waals surface area (Å²) in [7, 11) is 0. The molecule has 18 heavy (non-hydrogen) atoms. The summed E-state index contributed by atoms with van der Waals surface area (Å²) in [5.74, 6) is 0.442. The number of hydrogen-bond acceptors (Lipinski definition) is 3. The van der Waals surface area contributed by atoms with Gasteiger partial charge in [0.25, 0.3) is 0 Å². The number of benzene rings is 1. The first-order valence-electron chi connectivity index (χ1n) is 5.62. The second-order valence-electron chi connectivity index (χ2n) is 3.44. The Morgan fingerprint density at radius 1 is 1.28 bits per heavy atom. The van der Waals surface area contributed by atoms with Gasteiger partial charge in [-0.05, 0) is 18.2 Å².